The Morgan fingerprint density at radius 1 is 0.514 bits per heavy atom. The molecule has 1 nitrogen and oxygen atoms in total. The smallest absolute Gasteiger partial charge is 0.0640 e. The van der Waals surface area contributed by atoms with E-state index >= 15 is 0 Å². The van der Waals surface area contributed by atoms with Crippen molar-refractivity contribution in [3.8, 4) is 0 Å². The van der Waals surface area contributed by atoms with Gasteiger partial charge < -0.3 is 4.90 Å². The number of hydrogen-bond donors (Lipinski definition) is 0. The summed E-state index contributed by atoms with van der Waals surface area (Å²) in [6.45, 7) is 2.17. The van der Waals surface area contributed by atoms with Crippen molar-refractivity contribution in [3.05, 3.63) is 127 Å². The van der Waals surface area contributed by atoms with Crippen LogP contribution in [0.15, 0.2) is 121 Å². The first-order chi connectivity index (χ1) is 18.3. The van der Waals surface area contributed by atoms with Gasteiger partial charge in [-0.1, -0.05) is 91.0 Å². The third kappa shape index (κ3) is 3.03. The topological polar surface area (TPSA) is 3.24 Å². The summed E-state index contributed by atoms with van der Waals surface area (Å²) in [6, 6.07) is 44.7. The highest BCUT2D eigenvalue weighted by molar-refractivity contribution is 7.26. The summed E-state index contributed by atoms with van der Waals surface area (Å²) in [5, 5.41) is 10.5. The molecule has 174 valence electrons. The molecule has 0 fully saturated rings. The first kappa shape index (κ1) is 20.8. The van der Waals surface area contributed by atoms with E-state index in [1.807, 2.05) is 11.3 Å². The fourth-order valence-electron chi connectivity index (χ4n) is 6.00. The third-order valence-corrected chi connectivity index (χ3v) is 8.84. The van der Waals surface area contributed by atoms with E-state index in [0.717, 1.165) is 0 Å². The Morgan fingerprint density at radius 2 is 1.22 bits per heavy atom. The number of benzene rings is 7. The van der Waals surface area contributed by atoms with Crippen LogP contribution in [0.2, 0.25) is 0 Å². The van der Waals surface area contributed by atoms with Gasteiger partial charge in [0.15, 0.2) is 0 Å². The molecular formula is C35H23NS. The molecule has 0 saturated heterocycles. The lowest BCUT2D eigenvalue weighted by molar-refractivity contribution is 1.30. The molecule has 0 unspecified atom stereocenters. The Balaban J connectivity index is 1.50. The molecule has 37 heavy (non-hydrogen) atoms. The second-order valence-electron chi connectivity index (χ2n) is 9.87. The van der Waals surface area contributed by atoms with E-state index < -0.39 is 0 Å². The second-order valence-corrected chi connectivity index (χ2v) is 10.9. The van der Waals surface area contributed by atoms with Crippen LogP contribution >= 0.6 is 11.3 Å². The molecule has 0 atom stereocenters. The van der Waals surface area contributed by atoms with Gasteiger partial charge in [0.05, 0.1) is 16.1 Å². The van der Waals surface area contributed by atoms with Gasteiger partial charge in [-0.2, -0.15) is 0 Å². The van der Waals surface area contributed by atoms with Gasteiger partial charge in [-0.05, 0) is 69.8 Å². The maximum absolute atomic E-state index is 2.47. The Kier molecular flexibility index (Phi) is 4.37. The van der Waals surface area contributed by atoms with Crippen molar-refractivity contribution < 1.29 is 0 Å². The molecule has 0 N–H and O–H groups in total. The number of rotatable bonds is 3. The quantitative estimate of drug-likeness (QED) is 0.223. The van der Waals surface area contributed by atoms with Crippen LogP contribution in [0.5, 0.6) is 0 Å². The molecule has 0 spiro atoms. The minimum absolute atomic E-state index is 1.18. The van der Waals surface area contributed by atoms with E-state index in [2.05, 4.69) is 133 Å². The molecule has 0 bridgehead atoms. The van der Waals surface area contributed by atoms with Crippen LogP contribution in [0, 0.1) is 6.92 Å². The maximum Gasteiger partial charge on any atom is 0.0640 e. The molecule has 8 aromatic rings. The lowest BCUT2D eigenvalue weighted by Gasteiger charge is -2.28. The Morgan fingerprint density at radius 3 is 2.08 bits per heavy atom. The van der Waals surface area contributed by atoms with Gasteiger partial charge in [0, 0.05) is 26.5 Å². The van der Waals surface area contributed by atoms with Gasteiger partial charge in [0.2, 0.25) is 0 Å². The normalized spacial score (nSPS) is 11.9. The summed E-state index contributed by atoms with van der Waals surface area (Å²) in [5.74, 6) is 0. The van der Waals surface area contributed by atoms with Gasteiger partial charge in [-0.15, -0.1) is 11.3 Å². The molecule has 1 aromatic heterocycles. The van der Waals surface area contributed by atoms with Crippen LogP contribution in [-0.2, 0) is 0 Å². The standard InChI is InChI=1S/C35H23NS/c1-22-7-4-10-26(21-22)36(31-13-6-12-28-27-11-2-3-14-32(27)37-35(28)31)30-20-18-25-16-15-23-8-5-9-24-17-19-29(30)34(25)33(23)24/h2-21H,1H3. The highest BCUT2D eigenvalue weighted by atomic mass is 32.1. The zero-order valence-electron chi connectivity index (χ0n) is 20.4. The van der Waals surface area contributed by atoms with Gasteiger partial charge in [-0.25, -0.2) is 0 Å². The summed E-state index contributed by atoms with van der Waals surface area (Å²) >= 11 is 1.88. The molecule has 0 aliphatic heterocycles. The van der Waals surface area contributed by atoms with Crippen molar-refractivity contribution in [1.82, 2.24) is 0 Å². The van der Waals surface area contributed by atoms with Gasteiger partial charge in [0.25, 0.3) is 0 Å². The molecule has 0 radical (unpaired) electrons. The highest BCUT2D eigenvalue weighted by Crippen LogP contribution is 2.48. The molecule has 2 heteroatoms. The molecule has 7 aromatic carbocycles. The summed E-state index contributed by atoms with van der Waals surface area (Å²) < 4.78 is 2.64. The van der Waals surface area contributed by atoms with Gasteiger partial charge >= 0.3 is 0 Å². The Bertz CT molecular complexity index is 2100. The molecule has 8 rings (SSSR count). The van der Waals surface area contributed by atoms with Crippen LogP contribution in [0.1, 0.15) is 5.56 Å². The van der Waals surface area contributed by atoms with Crippen molar-refractivity contribution in [2.75, 3.05) is 4.90 Å². The third-order valence-electron chi connectivity index (χ3n) is 7.63. The van der Waals surface area contributed by atoms with Crippen LogP contribution in [0.4, 0.5) is 17.1 Å². The molecule has 1 heterocycles. The molecule has 0 aliphatic carbocycles. The molecule has 0 aliphatic rings. The van der Waals surface area contributed by atoms with Crippen LogP contribution in [0.3, 0.4) is 0 Å². The second kappa shape index (κ2) is 7.80. The van der Waals surface area contributed by atoms with Crippen molar-refractivity contribution in [3.63, 3.8) is 0 Å². The summed E-state index contributed by atoms with van der Waals surface area (Å²) in [7, 11) is 0. The lowest BCUT2D eigenvalue weighted by Crippen LogP contribution is -2.11. The summed E-state index contributed by atoms with van der Waals surface area (Å²) in [4.78, 5) is 2.47. The van der Waals surface area contributed by atoms with E-state index in [-0.39, 0.29) is 0 Å². The first-order valence-corrected chi connectivity index (χ1v) is 13.5. The largest absolute Gasteiger partial charge is 0.308 e. The number of anilines is 3. The monoisotopic (exact) mass is 489 g/mol. The van der Waals surface area contributed by atoms with Crippen molar-refractivity contribution in [2.45, 2.75) is 6.92 Å². The van der Waals surface area contributed by atoms with Crippen molar-refractivity contribution in [2.24, 2.45) is 0 Å². The Labute approximate surface area is 219 Å². The minimum atomic E-state index is 1.18. The average Bonchev–Trinajstić information content (AvgIpc) is 3.32. The maximum atomic E-state index is 2.47. The zero-order valence-corrected chi connectivity index (χ0v) is 21.2. The summed E-state index contributed by atoms with van der Waals surface area (Å²) in [6.07, 6.45) is 0. The fraction of sp³-hybridized carbons (Fsp3) is 0.0286. The molecule has 0 amide bonds. The number of fused-ring (bicyclic) bond motifs is 3. The van der Waals surface area contributed by atoms with Gasteiger partial charge in [0.1, 0.15) is 0 Å². The van der Waals surface area contributed by atoms with E-state index in [0.29, 0.717) is 0 Å². The predicted octanol–water partition coefficient (Wildman–Crippen LogP) is 10.7. The SMILES string of the molecule is Cc1cccc(N(c2ccc3ccc4cccc5ccc2c3c45)c2cccc3c2sc2ccccc23)c1. The molecule has 0 saturated carbocycles. The van der Waals surface area contributed by atoms with Crippen molar-refractivity contribution in [1.29, 1.82) is 0 Å². The first-order valence-electron chi connectivity index (χ1n) is 12.7. The average molecular weight is 490 g/mol. The number of nitrogens with zero attached hydrogens (tertiary/aromatic N) is 1. The predicted molar refractivity (Wildman–Crippen MR) is 162 cm³/mol. The zero-order chi connectivity index (χ0) is 24.5. The lowest BCUT2D eigenvalue weighted by atomic mass is 9.93. The van der Waals surface area contributed by atoms with Gasteiger partial charge in [-0.3, -0.25) is 0 Å². The van der Waals surface area contributed by atoms with E-state index in [4.69, 9.17) is 0 Å². The Hall–Kier alpha value is -4.40. The van der Waals surface area contributed by atoms with E-state index in [1.54, 1.807) is 0 Å². The van der Waals surface area contributed by atoms with Crippen molar-refractivity contribution >= 4 is 80.9 Å². The van der Waals surface area contributed by atoms with Crippen LogP contribution < -0.4 is 4.90 Å². The highest BCUT2D eigenvalue weighted by Gasteiger charge is 2.21. The number of thiophene rings is 1. The number of aryl methyl sites for hydroxylation is 1. The minimum Gasteiger partial charge on any atom is -0.308 e. The fourth-order valence-corrected chi connectivity index (χ4v) is 7.20. The van der Waals surface area contributed by atoms with E-state index in [1.165, 1.54) is 75.1 Å². The molecular weight excluding hydrogens is 466 g/mol. The van der Waals surface area contributed by atoms with Crippen LogP contribution in [0.25, 0.3) is 52.5 Å². The number of hydrogen-bond acceptors (Lipinski definition) is 2. The summed E-state index contributed by atoms with van der Waals surface area (Å²) in [5.41, 5.74) is 4.87. The van der Waals surface area contributed by atoms with Crippen LogP contribution in [-0.4, -0.2) is 0 Å². The van der Waals surface area contributed by atoms with E-state index in [9.17, 15) is 0 Å².